The van der Waals surface area contributed by atoms with Gasteiger partial charge in [-0.25, -0.2) is 8.42 Å². The van der Waals surface area contributed by atoms with E-state index in [1.807, 2.05) is 30.3 Å². The fourth-order valence-electron chi connectivity index (χ4n) is 3.41. The maximum atomic E-state index is 13.1. The highest BCUT2D eigenvalue weighted by Gasteiger charge is 2.28. The molecule has 2 heterocycles. The van der Waals surface area contributed by atoms with Gasteiger partial charge in [-0.05, 0) is 41.8 Å². The first kappa shape index (κ1) is 19.2. The van der Waals surface area contributed by atoms with Crippen LogP contribution in [0.4, 0.5) is 5.88 Å². The summed E-state index contributed by atoms with van der Waals surface area (Å²) in [6.07, 6.45) is 0.702. The molecule has 2 aromatic carbocycles. The van der Waals surface area contributed by atoms with Crippen LogP contribution in [0.3, 0.4) is 0 Å². The minimum atomic E-state index is -3.60. The second-order valence-electron chi connectivity index (χ2n) is 7.06. The summed E-state index contributed by atoms with van der Waals surface area (Å²) in [5.74, 6) is 0.646. The van der Waals surface area contributed by atoms with Crippen LogP contribution in [0.1, 0.15) is 16.8 Å². The zero-order valence-electron chi connectivity index (χ0n) is 16.2. The Morgan fingerprint density at radius 1 is 1.10 bits per heavy atom. The molecule has 0 N–H and O–H groups in total. The van der Waals surface area contributed by atoms with E-state index < -0.39 is 10.0 Å². The Bertz CT molecular complexity index is 1190. The third-order valence-electron chi connectivity index (χ3n) is 4.96. The first-order chi connectivity index (χ1) is 13.9. The van der Waals surface area contributed by atoms with Gasteiger partial charge in [0.05, 0.1) is 4.90 Å². The van der Waals surface area contributed by atoms with Gasteiger partial charge in [-0.2, -0.15) is 14.6 Å². The van der Waals surface area contributed by atoms with Gasteiger partial charge in [0.2, 0.25) is 27.5 Å². The molecule has 0 radical (unpaired) electrons. The molecule has 0 atom stereocenters. The van der Waals surface area contributed by atoms with E-state index in [9.17, 15) is 13.7 Å². The maximum Gasteiger partial charge on any atom is 0.243 e. The molecule has 29 heavy (non-hydrogen) atoms. The third kappa shape index (κ3) is 3.50. The normalized spacial score (nSPS) is 14.2. The van der Waals surface area contributed by atoms with Gasteiger partial charge in [0.1, 0.15) is 6.07 Å². The number of sulfonamides is 1. The van der Waals surface area contributed by atoms with Gasteiger partial charge in [0.15, 0.2) is 0 Å². The monoisotopic (exact) mass is 408 g/mol. The van der Waals surface area contributed by atoms with E-state index in [1.165, 1.54) is 9.87 Å². The summed E-state index contributed by atoms with van der Waals surface area (Å²) in [6.45, 7) is 0.830. The summed E-state index contributed by atoms with van der Waals surface area (Å²) < 4.78 is 33.3. The lowest BCUT2D eigenvalue weighted by molar-refractivity contribution is 0.391. The van der Waals surface area contributed by atoms with Gasteiger partial charge in [0.25, 0.3) is 0 Å². The van der Waals surface area contributed by atoms with Crippen molar-refractivity contribution in [1.82, 2.24) is 9.29 Å². The summed E-state index contributed by atoms with van der Waals surface area (Å²) >= 11 is 0. The van der Waals surface area contributed by atoms with Crippen molar-refractivity contribution in [2.75, 3.05) is 25.5 Å². The molecule has 1 aliphatic heterocycles. The van der Waals surface area contributed by atoms with Gasteiger partial charge < -0.3 is 9.32 Å². The molecule has 8 heteroatoms. The molecule has 0 fully saturated rings. The van der Waals surface area contributed by atoms with Crippen molar-refractivity contribution in [3.8, 4) is 17.5 Å². The number of aromatic nitrogens is 1. The van der Waals surface area contributed by atoms with Crippen molar-refractivity contribution in [2.45, 2.75) is 17.9 Å². The molecule has 0 amide bonds. The van der Waals surface area contributed by atoms with E-state index in [2.05, 4.69) is 4.98 Å². The first-order valence-corrected chi connectivity index (χ1v) is 10.6. The molecule has 0 aliphatic carbocycles. The van der Waals surface area contributed by atoms with Crippen LogP contribution in [-0.4, -0.2) is 38.3 Å². The molecular formula is C21H20N4O3S. The Morgan fingerprint density at radius 2 is 1.79 bits per heavy atom. The molecule has 3 aromatic rings. The SMILES string of the molecule is CN(C)c1oc(-c2ccc(S(=O)(=O)N3CCc4ccccc4C3)cc2)nc1C#N. The summed E-state index contributed by atoms with van der Waals surface area (Å²) in [6, 6.07) is 16.3. The van der Waals surface area contributed by atoms with E-state index in [0.29, 0.717) is 31.0 Å². The van der Waals surface area contributed by atoms with E-state index in [-0.39, 0.29) is 16.5 Å². The molecule has 0 bridgehead atoms. The van der Waals surface area contributed by atoms with Crippen LogP contribution in [0.25, 0.3) is 11.5 Å². The minimum absolute atomic E-state index is 0.189. The Labute approximate surface area is 169 Å². The smallest absolute Gasteiger partial charge is 0.243 e. The summed E-state index contributed by atoms with van der Waals surface area (Å²) in [7, 11) is -0.0800. The average Bonchev–Trinajstić information content (AvgIpc) is 3.18. The van der Waals surface area contributed by atoms with Gasteiger partial charge in [0, 0.05) is 32.7 Å². The molecular weight excluding hydrogens is 388 g/mol. The number of rotatable bonds is 4. The molecule has 0 unspecified atom stereocenters. The van der Waals surface area contributed by atoms with Gasteiger partial charge in [-0.1, -0.05) is 24.3 Å². The van der Waals surface area contributed by atoms with Crippen LogP contribution in [0.2, 0.25) is 0 Å². The zero-order valence-corrected chi connectivity index (χ0v) is 17.0. The summed E-state index contributed by atoms with van der Waals surface area (Å²) in [5.41, 5.74) is 3.04. The molecule has 1 aromatic heterocycles. The van der Waals surface area contributed by atoms with Crippen molar-refractivity contribution >= 4 is 15.9 Å². The van der Waals surface area contributed by atoms with Crippen molar-refractivity contribution < 1.29 is 12.8 Å². The van der Waals surface area contributed by atoms with Crippen LogP contribution < -0.4 is 4.90 Å². The number of benzene rings is 2. The van der Waals surface area contributed by atoms with Crippen molar-refractivity contribution in [3.63, 3.8) is 0 Å². The molecule has 0 saturated heterocycles. The third-order valence-corrected chi connectivity index (χ3v) is 6.82. The standard InChI is InChI=1S/C21H20N4O3S/c1-24(2)21-19(13-22)23-20(28-21)16-7-9-18(10-8-16)29(26,27)25-12-11-15-5-3-4-6-17(15)14-25/h3-10H,11-12,14H2,1-2H3. The fourth-order valence-corrected chi connectivity index (χ4v) is 4.82. The second-order valence-corrected chi connectivity index (χ2v) is 9.00. The molecule has 0 saturated carbocycles. The minimum Gasteiger partial charge on any atom is -0.419 e. The van der Waals surface area contributed by atoms with Crippen LogP contribution in [0, 0.1) is 11.3 Å². The van der Waals surface area contributed by atoms with E-state index in [1.54, 1.807) is 43.3 Å². The average molecular weight is 408 g/mol. The molecule has 4 rings (SSSR count). The molecule has 0 spiro atoms. The number of hydrogen-bond acceptors (Lipinski definition) is 6. The number of oxazole rings is 1. The summed E-state index contributed by atoms with van der Waals surface area (Å²) in [4.78, 5) is 6.09. The van der Waals surface area contributed by atoms with E-state index in [0.717, 1.165) is 5.56 Å². The molecule has 1 aliphatic rings. The Balaban J connectivity index is 1.60. The van der Waals surface area contributed by atoms with Crippen molar-refractivity contribution in [2.24, 2.45) is 0 Å². The highest BCUT2D eigenvalue weighted by Crippen LogP contribution is 2.29. The number of anilines is 1. The van der Waals surface area contributed by atoms with Crippen molar-refractivity contribution in [1.29, 1.82) is 5.26 Å². The number of fused-ring (bicyclic) bond motifs is 1. The first-order valence-electron chi connectivity index (χ1n) is 9.16. The Morgan fingerprint density at radius 3 is 2.41 bits per heavy atom. The largest absolute Gasteiger partial charge is 0.419 e. The van der Waals surface area contributed by atoms with Crippen LogP contribution in [0.15, 0.2) is 57.8 Å². The van der Waals surface area contributed by atoms with Gasteiger partial charge in [-0.3, -0.25) is 0 Å². The highest BCUT2D eigenvalue weighted by molar-refractivity contribution is 7.89. The predicted molar refractivity (Wildman–Crippen MR) is 109 cm³/mol. The topological polar surface area (TPSA) is 90.4 Å². The second kappa shape index (κ2) is 7.35. The van der Waals surface area contributed by atoms with Crippen LogP contribution in [0.5, 0.6) is 0 Å². The highest BCUT2D eigenvalue weighted by atomic mass is 32.2. The number of nitrogens with zero attached hydrogens (tertiary/aromatic N) is 4. The fraction of sp³-hybridized carbons (Fsp3) is 0.238. The lowest BCUT2D eigenvalue weighted by Crippen LogP contribution is -2.35. The predicted octanol–water partition coefficient (Wildman–Crippen LogP) is 3.03. The Kier molecular flexibility index (Phi) is 4.86. The quantitative estimate of drug-likeness (QED) is 0.659. The van der Waals surface area contributed by atoms with E-state index >= 15 is 0 Å². The number of nitriles is 1. The van der Waals surface area contributed by atoms with E-state index in [4.69, 9.17) is 4.42 Å². The maximum absolute atomic E-state index is 13.1. The lowest BCUT2D eigenvalue weighted by Gasteiger charge is -2.28. The van der Waals surface area contributed by atoms with Gasteiger partial charge in [-0.15, -0.1) is 0 Å². The zero-order chi connectivity index (χ0) is 20.6. The van der Waals surface area contributed by atoms with Crippen LogP contribution >= 0.6 is 0 Å². The van der Waals surface area contributed by atoms with Gasteiger partial charge >= 0.3 is 0 Å². The summed E-state index contributed by atoms with van der Waals surface area (Å²) in [5, 5.41) is 9.21. The molecule has 148 valence electrons. The Hall–Kier alpha value is -3.15. The lowest BCUT2D eigenvalue weighted by atomic mass is 10.0. The van der Waals surface area contributed by atoms with Crippen molar-refractivity contribution in [3.05, 3.63) is 65.4 Å². The van der Waals surface area contributed by atoms with Crippen LogP contribution in [-0.2, 0) is 23.0 Å². The molecule has 7 nitrogen and oxygen atoms in total. The number of hydrogen-bond donors (Lipinski definition) is 0.